The fraction of sp³-hybridized carbons (Fsp3) is 0.500. The first kappa shape index (κ1) is 19.3. The van der Waals surface area contributed by atoms with Gasteiger partial charge in [-0.05, 0) is 32.0 Å². The zero-order valence-corrected chi connectivity index (χ0v) is 15.4. The number of anilines is 1. The van der Waals surface area contributed by atoms with Crippen LogP contribution in [0.15, 0.2) is 29.2 Å². The standard InChI is InChI=1S/C18H24N4O2S/c1-13(9-10-19)25-16-6-4-3-5-15(16)21-18(24)12-22(2)11-17(23)20-14-7-8-14/h3-6,13-14H,7-9,11-12H2,1-2H3,(H,20,23)(H,21,24)/t13-/m1/s1. The van der Waals surface area contributed by atoms with Gasteiger partial charge in [0.15, 0.2) is 0 Å². The van der Waals surface area contributed by atoms with Gasteiger partial charge in [0.05, 0.1) is 24.8 Å². The molecule has 1 aliphatic carbocycles. The molecule has 2 amide bonds. The third-order valence-electron chi connectivity index (χ3n) is 3.64. The first-order valence-electron chi connectivity index (χ1n) is 8.38. The lowest BCUT2D eigenvalue weighted by atomic mass is 10.3. The summed E-state index contributed by atoms with van der Waals surface area (Å²) in [6.07, 6.45) is 2.55. The number of carbonyl (C=O) groups excluding carboxylic acids is 2. The Hall–Kier alpha value is -2.04. The highest BCUT2D eigenvalue weighted by atomic mass is 32.2. The van der Waals surface area contributed by atoms with Crippen molar-refractivity contribution in [2.45, 2.75) is 42.4 Å². The van der Waals surface area contributed by atoms with Crippen molar-refractivity contribution in [1.29, 1.82) is 5.26 Å². The number of amides is 2. The van der Waals surface area contributed by atoms with E-state index in [9.17, 15) is 9.59 Å². The number of hydrogen-bond donors (Lipinski definition) is 2. The summed E-state index contributed by atoms with van der Waals surface area (Å²) >= 11 is 1.57. The van der Waals surface area contributed by atoms with Crippen LogP contribution in [0.1, 0.15) is 26.2 Å². The average Bonchev–Trinajstić information content (AvgIpc) is 3.32. The van der Waals surface area contributed by atoms with Crippen molar-refractivity contribution in [1.82, 2.24) is 10.2 Å². The third-order valence-corrected chi connectivity index (χ3v) is 4.82. The van der Waals surface area contributed by atoms with Gasteiger partial charge in [0.2, 0.25) is 11.8 Å². The average molecular weight is 360 g/mol. The van der Waals surface area contributed by atoms with Gasteiger partial charge in [-0.3, -0.25) is 14.5 Å². The quantitative estimate of drug-likeness (QED) is 0.660. The normalized spacial score (nSPS) is 14.6. The van der Waals surface area contributed by atoms with Crippen LogP contribution in [0.3, 0.4) is 0 Å². The lowest BCUT2D eigenvalue weighted by Crippen LogP contribution is -2.39. The second kappa shape index (κ2) is 9.44. The SMILES string of the molecule is C[C@H](CC#N)Sc1ccccc1NC(=O)CN(C)CC(=O)NC1CC1. The Morgan fingerprint density at radius 1 is 1.32 bits per heavy atom. The van der Waals surface area contributed by atoms with Crippen molar-refractivity contribution in [2.24, 2.45) is 0 Å². The van der Waals surface area contributed by atoms with Crippen molar-refractivity contribution >= 4 is 29.3 Å². The molecule has 0 radical (unpaired) electrons. The number of benzene rings is 1. The molecule has 1 atom stereocenters. The van der Waals surface area contributed by atoms with Crippen molar-refractivity contribution in [3.05, 3.63) is 24.3 Å². The summed E-state index contributed by atoms with van der Waals surface area (Å²) in [6.45, 7) is 2.34. The fourth-order valence-electron chi connectivity index (χ4n) is 2.30. The topological polar surface area (TPSA) is 85.2 Å². The van der Waals surface area contributed by atoms with Crippen LogP contribution in [0.4, 0.5) is 5.69 Å². The van der Waals surface area contributed by atoms with Crippen LogP contribution in [0.5, 0.6) is 0 Å². The highest BCUT2D eigenvalue weighted by Crippen LogP contribution is 2.31. The molecule has 0 saturated heterocycles. The van der Waals surface area contributed by atoms with Crippen LogP contribution >= 0.6 is 11.8 Å². The molecule has 2 rings (SSSR count). The minimum atomic E-state index is -0.164. The molecule has 0 aromatic heterocycles. The molecule has 7 heteroatoms. The summed E-state index contributed by atoms with van der Waals surface area (Å²) in [4.78, 5) is 26.7. The monoisotopic (exact) mass is 360 g/mol. The maximum atomic E-state index is 12.3. The van der Waals surface area contributed by atoms with E-state index in [0.29, 0.717) is 12.5 Å². The molecule has 6 nitrogen and oxygen atoms in total. The molecule has 0 aliphatic heterocycles. The van der Waals surface area contributed by atoms with Crippen LogP contribution in [-0.4, -0.2) is 48.1 Å². The van der Waals surface area contributed by atoms with Gasteiger partial charge in [-0.25, -0.2) is 0 Å². The minimum Gasteiger partial charge on any atom is -0.352 e. The molecular weight excluding hydrogens is 336 g/mol. The van der Waals surface area contributed by atoms with Crippen molar-refractivity contribution in [3.8, 4) is 6.07 Å². The number of para-hydroxylation sites is 1. The Labute approximate surface area is 153 Å². The van der Waals surface area contributed by atoms with Crippen molar-refractivity contribution < 1.29 is 9.59 Å². The van der Waals surface area contributed by atoms with Crippen LogP contribution < -0.4 is 10.6 Å². The highest BCUT2D eigenvalue weighted by Gasteiger charge is 2.23. The fourth-order valence-corrected chi connectivity index (χ4v) is 3.29. The Bertz CT molecular complexity index is 655. The molecule has 2 N–H and O–H groups in total. The number of hydrogen-bond acceptors (Lipinski definition) is 5. The number of nitrogens with one attached hydrogen (secondary N) is 2. The van der Waals surface area contributed by atoms with Gasteiger partial charge in [-0.2, -0.15) is 5.26 Å². The van der Waals surface area contributed by atoms with Gasteiger partial charge in [0.1, 0.15) is 0 Å². The maximum Gasteiger partial charge on any atom is 0.238 e. The summed E-state index contributed by atoms with van der Waals surface area (Å²) in [5.41, 5.74) is 0.734. The number of nitrogens with zero attached hydrogens (tertiary/aromatic N) is 2. The summed E-state index contributed by atoms with van der Waals surface area (Å²) < 4.78 is 0. The highest BCUT2D eigenvalue weighted by molar-refractivity contribution is 8.00. The van der Waals surface area contributed by atoms with E-state index in [1.165, 1.54) is 0 Å². The first-order valence-corrected chi connectivity index (χ1v) is 9.26. The van der Waals surface area contributed by atoms with E-state index in [0.717, 1.165) is 23.4 Å². The lowest BCUT2D eigenvalue weighted by molar-refractivity contribution is -0.123. The van der Waals surface area contributed by atoms with Crippen LogP contribution in [-0.2, 0) is 9.59 Å². The molecule has 1 aromatic rings. The minimum absolute atomic E-state index is 0.0425. The smallest absolute Gasteiger partial charge is 0.238 e. The Morgan fingerprint density at radius 3 is 2.68 bits per heavy atom. The van der Waals surface area contributed by atoms with E-state index >= 15 is 0 Å². The predicted molar refractivity (Wildman–Crippen MR) is 99.3 cm³/mol. The lowest BCUT2D eigenvalue weighted by Gasteiger charge is -2.17. The maximum absolute atomic E-state index is 12.3. The summed E-state index contributed by atoms with van der Waals surface area (Å²) in [6, 6.07) is 10.0. The van der Waals surface area contributed by atoms with Gasteiger partial charge in [-0.15, -0.1) is 11.8 Å². The zero-order chi connectivity index (χ0) is 18.2. The van der Waals surface area contributed by atoms with E-state index in [-0.39, 0.29) is 30.2 Å². The predicted octanol–water partition coefficient (Wildman–Crippen LogP) is 2.23. The third kappa shape index (κ3) is 7.16. The largest absolute Gasteiger partial charge is 0.352 e. The van der Waals surface area contributed by atoms with E-state index in [1.807, 2.05) is 31.2 Å². The second-order valence-corrected chi connectivity index (χ2v) is 7.83. The molecule has 1 aliphatic rings. The van der Waals surface area contributed by atoms with Gasteiger partial charge in [0, 0.05) is 22.6 Å². The number of thioether (sulfide) groups is 1. The Kier molecular flexibility index (Phi) is 7.29. The number of rotatable bonds is 9. The number of nitriles is 1. The van der Waals surface area contributed by atoms with E-state index in [1.54, 1.807) is 23.7 Å². The van der Waals surface area contributed by atoms with Gasteiger partial charge in [0.25, 0.3) is 0 Å². The van der Waals surface area contributed by atoms with Crippen LogP contribution in [0.25, 0.3) is 0 Å². The number of carbonyl (C=O) groups is 2. The van der Waals surface area contributed by atoms with Gasteiger partial charge >= 0.3 is 0 Å². The zero-order valence-electron chi connectivity index (χ0n) is 14.6. The molecule has 1 saturated carbocycles. The van der Waals surface area contributed by atoms with Gasteiger partial charge < -0.3 is 10.6 Å². The summed E-state index contributed by atoms with van der Waals surface area (Å²) in [5.74, 6) is -0.207. The van der Waals surface area contributed by atoms with Crippen molar-refractivity contribution in [3.63, 3.8) is 0 Å². The molecule has 1 fully saturated rings. The molecule has 0 spiro atoms. The Morgan fingerprint density at radius 2 is 2.00 bits per heavy atom. The molecule has 0 bridgehead atoms. The summed E-state index contributed by atoms with van der Waals surface area (Å²) in [5, 5.41) is 14.7. The molecule has 0 heterocycles. The van der Waals surface area contributed by atoms with E-state index in [2.05, 4.69) is 16.7 Å². The van der Waals surface area contributed by atoms with Crippen LogP contribution in [0.2, 0.25) is 0 Å². The van der Waals surface area contributed by atoms with E-state index < -0.39 is 0 Å². The molecule has 25 heavy (non-hydrogen) atoms. The van der Waals surface area contributed by atoms with E-state index in [4.69, 9.17) is 5.26 Å². The summed E-state index contributed by atoms with van der Waals surface area (Å²) in [7, 11) is 1.75. The molecular formula is C18H24N4O2S. The second-order valence-electron chi connectivity index (χ2n) is 6.35. The van der Waals surface area contributed by atoms with Crippen LogP contribution in [0, 0.1) is 11.3 Å². The van der Waals surface area contributed by atoms with Gasteiger partial charge in [-0.1, -0.05) is 19.1 Å². The van der Waals surface area contributed by atoms with Crippen molar-refractivity contribution in [2.75, 3.05) is 25.5 Å². The molecule has 1 aromatic carbocycles. The molecule has 134 valence electrons. The molecule has 0 unspecified atom stereocenters. The first-order chi connectivity index (χ1) is 12.0. The number of likely N-dealkylation sites (N-methyl/N-ethyl adjacent to an activating group) is 1. The Balaban J connectivity index is 1.84.